The molecule has 0 amide bonds. The molecule has 3 aromatic rings. The highest BCUT2D eigenvalue weighted by atomic mass is 16.9. The summed E-state index contributed by atoms with van der Waals surface area (Å²) in [5, 5.41) is 14.6. The molecule has 0 bridgehead atoms. The Morgan fingerprint density at radius 1 is 0.459 bits per heavy atom. The van der Waals surface area contributed by atoms with E-state index in [1.165, 1.54) is 77.0 Å². The lowest BCUT2D eigenvalue weighted by Gasteiger charge is -2.18. The molecule has 0 radical (unpaired) electrons. The van der Waals surface area contributed by atoms with Crippen molar-refractivity contribution in [2.24, 2.45) is 0 Å². The summed E-state index contributed by atoms with van der Waals surface area (Å²) < 4.78 is 19.3. The van der Waals surface area contributed by atoms with E-state index in [1.54, 1.807) is 14.5 Å². The Balaban J connectivity index is 1.06. The fourth-order valence-electron chi connectivity index (χ4n) is 5.45. The maximum Gasteiger partial charge on any atom is 0.929 e. The zero-order chi connectivity index (χ0) is 24.1. The first-order valence-electron chi connectivity index (χ1n) is 14.6. The first-order valence-corrected chi connectivity index (χ1v) is 14.6. The van der Waals surface area contributed by atoms with E-state index in [0.717, 1.165) is 34.2 Å². The minimum absolute atomic E-state index is 0.502. The molecule has 0 unspecified atom stereocenters. The number of hydrogen-bond donors (Lipinski definition) is 0. The highest BCUT2D eigenvalue weighted by Crippen LogP contribution is 2.46. The molecule has 6 aliphatic rings. The first-order chi connectivity index (χ1) is 18.2. The molecule has 0 N–H and O–H groups in total. The maximum atomic E-state index is 6.43. The normalized spacial score (nSPS) is 23.4. The summed E-state index contributed by atoms with van der Waals surface area (Å²) in [6, 6.07) is 6.70. The van der Waals surface area contributed by atoms with Gasteiger partial charge in [-0.15, -0.1) is 29.8 Å². The van der Waals surface area contributed by atoms with Gasteiger partial charge < -0.3 is 14.3 Å². The van der Waals surface area contributed by atoms with Crippen LogP contribution in [0.1, 0.15) is 147 Å². The van der Waals surface area contributed by atoms with Crippen LogP contribution in [-0.2, 0) is 0 Å². The lowest BCUT2D eigenvalue weighted by Crippen LogP contribution is -2.50. The van der Waals surface area contributed by atoms with Gasteiger partial charge in [0.15, 0.2) is 0 Å². The molecule has 0 saturated heterocycles. The van der Waals surface area contributed by atoms with Gasteiger partial charge in [-0.25, -0.2) is 0 Å². The molecule has 3 aromatic heterocycles. The number of hydrogen-bond acceptors (Lipinski definition) is 6. The minimum atomic E-state index is -1.06. The van der Waals surface area contributed by atoms with Crippen LogP contribution in [0, 0.1) is 0 Å². The Morgan fingerprint density at radius 2 is 0.730 bits per heavy atom. The molecular weight excluding hydrogens is 467 g/mol. The summed E-state index contributed by atoms with van der Waals surface area (Å²) in [7, 11) is -1.06. The van der Waals surface area contributed by atoms with Gasteiger partial charge >= 0.3 is 7.32 Å². The van der Waals surface area contributed by atoms with Gasteiger partial charge in [0, 0.05) is 35.5 Å². The van der Waals surface area contributed by atoms with Crippen LogP contribution >= 0.6 is 0 Å². The van der Waals surface area contributed by atoms with Gasteiger partial charge in [-0.2, -0.15) is 0 Å². The van der Waals surface area contributed by atoms with E-state index in [1.807, 2.05) is 0 Å². The minimum Gasteiger partial charge on any atom is -0.380 e. The zero-order valence-electron chi connectivity index (χ0n) is 21.2. The number of aromatic nitrogens is 6. The van der Waals surface area contributed by atoms with Crippen molar-refractivity contribution in [3.8, 4) is 0 Å². The van der Waals surface area contributed by atoms with E-state index in [0.29, 0.717) is 35.5 Å². The van der Waals surface area contributed by atoms with Gasteiger partial charge in [0.2, 0.25) is 0 Å². The summed E-state index contributed by atoms with van der Waals surface area (Å²) in [6.45, 7) is 0. The van der Waals surface area contributed by atoms with E-state index in [4.69, 9.17) is 29.6 Å². The van der Waals surface area contributed by atoms with Crippen molar-refractivity contribution in [1.29, 1.82) is 0 Å². The van der Waals surface area contributed by atoms with Crippen molar-refractivity contribution in [2.45, 2.75) is 113 Å². The van der Waals surface area contributed by atoms with E-state index in [2.05, 4.69) is 18.2 Å². The zero-order valence-corrected chi connectivity index (χ0v) is 21.2. The Hall–Kier alpha value is -2.91. The molecule has 0 atom stereocenters. The SMILES string of the molecule is c1c(C2CC2)nn(OB(On2nc(C3CC3)cc2C2CC2)On2nc(C3CC3)cc2C2CC2)c1C1CC1. The molecule has 0 spiro atoms. The summed E-state index contributed by atoms with van der Waals surface area (Å²) in [4.78, 5) is 5.04. The molecule has 3 heterocycles. The van der Waals surface area contributed by atoms with Crippen molar-refractivity contribution in [2.75, 3.05) is 0 Å². The molecule has 37 heavy (non-hydrogen) atoms. The summed E-state index contributed by atoms with van der Waals surface area (Å²) >= 11 is 0. The second kappa shape index (κ2) is 7.80. The predicted molar refractivity (Wildman–Crippen MR) is 134 cm³/mol. The van der Waals surface area contributed by atoms with E-state index in [9.17, 15) is 0 Å². The molecule has 9 nitrogen and oxygen atoms in total. The van der Waals surface area contributed by atoms with Gasteiger partial charge in [-0.3, -0.25) is 0 Å². The standard InChI is InChI=1S/C27H33BN6O3/c1-2-16(1)22-13-25(19-7-8-19)32(29-22)35-28(36-33-26(20-9-10-20)14-23(30-33)17-3-4-17)37-34-27(21-11-12-21)15-24(31-34)18-5-6-18/h13-21H,1-12H2. The van der Waals surface area contributed by atoms with Crippen LogP contribution in [0.4, 0.5) is 0 Å². The Morgan fingerprint density at radius 3 is 0.973 bits per heavy atom. The highest BCUT2D eigenvalue weighted by molar-refractivity contribution is 6.37. The smallest absolute Gasteiger partial charge is 0.380 e. The monoisotopic (exact) mass is 500 g/mol. The second-order valence-corrected chi connectivity index (χ2v) is 12.4. The van der Waals surface area contributed by atoms with Gasteiger partial charge in [-0.05, 0) is 95.2 Å². The van der Waals surface area contributed by atoms with E-state index >= 15 is 0 Å². The third kappa shape index (κ3) is 4.22. The molecule has 9 rings (SSSR count). The predicted octanol–water partition coefficient (Wildman–Crippen LogP) is 4.21. The Kier molecular flexibility index (Phi) is 4.44. The molecule has 0 aliphatic heterocycles. The average Bonchev–Trinajstić information content (AvgIpc) is 3.73. The van der Waals surface area contributed by atoms with Crippen molar-refractivity contribution in [3.63, 3.8) is 0 Å². The van der Waals surface area contributed by atoms with Gasteiger partial charge in [0.05, 0.1) is 34.2 Å². The average molecular weight is 500 g/mol. The van der Waals surface area contributed by atoms with Crippen molar-refractivity contribution in [1.82, 2.24) is 29.8 Å². The van der Waals surface area contributed by atoms with Gasteiger partial charge in [0.1, 0.15) is 0 Å². The Labute approximate surface area is 216 Å². The number of nitrogens with zero attached hydrogens (tertiary/aromatic N) is 6. The maximum absolute atomic E-state index is 6.43. The molecule has 0 aromatic carbocycles. The van der Waals surface area contributed by atoms with Crippen molar-refractivity contribution < 1.29 is 14.3 Å². The Bertz CT molecular complexity index is 1180. The van der Waals surface area contributed by atoms with Crippen LogP contribution in [0.5, 0.6) is 0 Å². The fourth-order valence-corrected chi connectivity index (χ4v) is 5.45. The van der Waals surface area contributed by atoms with Crippen molar-refractivity contribution >= 4 is 7.32 Å². The summed E-state index contributed by atoms with van der Waals surface area (Å²) in [6.07, 6.45) is 14.3. The van der Waals surface area contributed by atoms with E-state index in [-0.39, 0.29) is 0 Å². The molecule has 6 aliphatic carbocycles. The van der Waals surface area contributed by atoms with Crippen LogP contribution < -0.4 is 14.3 Å². The second-order valence-electron chi connectivity index (χ2n) is 12.4. The molecular formula is C27H33BN6O3. The lowest BCUT2D eigenvalue weighted by atomic mass is 10.2. The highest BCUT2D eigenvalue weighted by Gasteiger charge is 2.43. The third-order valence-corrected chi connectivity index (χ3v) is 8.70. The first kappa shape index (κ1) is 21.1. The largest absolute Gasteiger partial charge is 0.929 e. The topological polar surface area (TPSA) is 81.1 Å². The fraction of sp³-hybridized carbons (Fsp3) is 0.667. The van der Waals surface area contributed by atoms with Crippen LogP contribution in [0.2, 0.25) is 0 Å². The third-order valence-electron chi connectivity index (χ3n) is 8.70. The molecule has 6 fully saturated rings. The van der Waals surface area contributed by atoms with Gasteiger partial charge in [-0.1, -0.05) is 0 Å². The van der Waals surface area contributed by atoms with Crippen LogP contribution in [0.25, 0.3) is 0 Å². The lowest BCUT2D eigenvalue weighted by molar-refractivity contribution is 0.0330. The molecule has 6 saturated carbocycles. The quantitative estimate of drug-likeness (QED) is 0.347. The number of rotatable bonds is 12. The van der Waals surface area contributed by atoms with Crippen LogP contribution in [0.3, 0.4) is 0 Å². The van der Waals surface area contributed by atoms with Gasteiger partial charge in [0.25, 0.3) is 0 Å². The molecule has 10 heteroatoms. The van der Waals surface area contributed by atoms with Crippen LogP contribution in [-0.4, -0.2) is 37.2 Å². The van der Waals surface area contributed by atoms with E-state index < -0.39 is 7.32 Å². The molecule has 192 valence electrons. The van der Waals surface area contributed by atoms with Crippen molar-refractivity contribution in [3.05, 3.63) is 52.4 Å². The summed E-state index contributed by atoms with van der Waals surface area (Å²) in [5.41, 5.74) is 6.77. The van der Waals surface area contributed by atoms with Crippen LogP contribution in [0.15, 0.2) is 18.2 Å². The summed E-state index contributed by atoms with van der Waals surface area (Å²) in [5.74, 6) is 3.19.